The highest BCUT2D eigenvalue weighted by Crippen LogP contribution is 2.30. The number of hydrogen-bond donors (Lipinski definition) is 1. The normalized spacial score (nSPS) is 11.5. The molecule has 0 amide bonds. The third-order valence-corrected chi connectivity index (χ3v) is 5.27. The molecular weight excluding hydrogens is 346 g/mol. The maximum absolute atomic E-state index is 12.6. The zero-order chi connectivity index (χ0) is 18.1. The fraction of sp³-hybridized carbons (Fsp3) is 0.200. The van der Waals surface area contributed by atoms with Gasteiger partial charge in [-0.2, -0.15) is 0 Å². The minimum Gasteiger partial charge on any atom is -0.464 e. The third kappa shape index (κ3) is 3.21. The zero-order valence-electron chi connectivity index (χ0n) is 14.7. The molecule has 6 heteroatoms. The summed E-state index contributed by atoms with van der Waals surface area (Å²) in [5, 5.41) is 2.52. The predicted molar refractivity (Wildman–Crippen MR) is 104 cm³/mol. The Bertz CT molecular complexity index is 1100. The molecule has 0 bridgehead atoms. The second-order valence-corrected chi connectivity index (χ2v) is 7.28. The van der Waals surface area contributed by atoms with E-state index >= 15 is 0 Å². The van der Waals surface area contributed by atoms with Gasteiger partial charge < -0.3 is 9.40 Å². The van der Waals surface area contributed by atoms with E-state index in [1.54, 1.807) is 6.26 Å². The van der Waals surface area contributed by atoms with Gasteiger partial charge in [-0.3, -0.25) is 9.69 Å². The van der Waals surface area contributed by atoms with Crippen molar-refractivity contribution >= 4 is 21.6 Å². The van der Waals surface area contributed by atoms with Crippen LogP contribution in [0.5, 0.6) is 0 Å². The number of fused-ring (bicyclic) bond motifs is 1. The average Bonchev–Trinajstić information content (AvgIpc) is 3.26. The number of aromatic amines is 1. The Hall–Kier alpha value is -2.70. The number of H-pyrrole nitrogens is 1. The standard InChI is InChI=1S/C20H19N3O2S/c1-13-6-3-4-7-14(13)10-23(2)11-17-21-19(24)18-15(12-26-20(18)22-17)16-8-5-9-25-16/h3-9,12H,10-11H2,1-2H3,(H,21,22,24). The van der Waals surface area contributed by atoms with E-state index in [9.17, 15) is 4.79 Å². The van der Waals surface area contributed by atoms with Crippen LogP contribution in [0.2, 0.25) is 0 Å². The molecule has 26 heavy (non-hydrogen) atoms. The molecule has 0 aliphatic carbocycles. The highest BCUT2D eigenvalue weighted by molar-refractivity contribution is 7.17. The van der Waals surface area contributed by atoms with E-state index in [1.165, 1.54) is 22.5 Å². The Morgan fingerprint density at radius 1 is 1.19 bits per heavy atom. The van der Waals surface area contributed by atoms with Gasteiger partial charge in [0.15, 0.2) is 0 Å². The van der Waals surface area contributed by atoms with Gasteiger partial charge in [-0.25, -0.2) is 4.98 Å². The van der Waals surface area contributed by atoms with Crippen LogP contribution in [0.15, 0.2) is 57.3 Å². The van der Waals surface area contributed by atoms with Crippen molar-refractivity contribution in [1.82, 2.24) is 14.9 Å². The molecule has 3 aromatic heterocycles. The zero-order valence-corrected chi connectivity index (χ0v) is 15.5. The number of nitrogens with one attached hydrogen (secondary N) is 1. The first-order valence-electron chi connectivity index (χ1n) is 8.39. The molecule has 0 atom stereocenters. The first kappa shape index (κ1) is 16.8. The summed E-state index contributed by atoms with van der Waals surface area (Å²) in [5.74, 6) is 1.36. The van der Waals surface area contributed by atoms with Gasteiger partial charge in [0.25, 0.3) is 5.56 Å². The molecule has 0 unspecified atom stereocenters. The minimum absolute atomic E-state index is 0.123. The Morgan fingerprint density at radius 3 is 2.81 bits per heavy atom. The second kappa shape index (κ2) is 6.90. The molecule has 0 saturated heterocycles. The molecule has 0 radical (unpaired) electrons. The fourth-order valence-corrected chi connectivity index (χ4v) is 4.02. The van der Waals surface area contributed by atoms with Gasteiger partial charge in [-0.1, -0.05) is 24.3 Å². The molecule has 0 spiro atoms. The lowest BCUT2D eigenvalue weighted by Gasteiger charge is -2.17. The van der Waals surface area contributed by atoms with Crippen LogP contribution in [-0.2, 0) is 13.1 Å². The summed E-state index contributed by atoms with van der Waals surface area (Å²) in [7, 11) is 2.03. The summed E-state index contributed by atoms with van der Waals surface area (Å²) in [6.45, 7) is 3.49. The van der Waals surface area contributed by atoms with Crippen molar-refractivity contribution in [3.8, 4) is 11.3 Å². The SMILES string of the molecule is Cc1ccccc1CN(C)Cc1nc2scc(-c3ccco3)c2c(=O)[nH]1. The summed E-state index contributed by atoms with van der Waals surface area (Å²) in [4.78, 5) is 23.1. The second-order valence-electron chi connectivity index (χ2n) is 6.42. The lowest BCUT2D eigenvalue weighted by molar-refractivity contribution is 0.310. The number of furan rings is 1. The summed E-state index contributed by atoms with van der Waals surface area (Å²) in [6.07, 6.45) is 1.61. The molecule has 1 aromatic carbocycles. The van der Waals surface area contributed by atoms with Crippen LogP contribution in [0.3, 0.4) is 0 Å². The van der Waals surface area contributed by atoms with Crippen molar-refractivity contribution in [3.63, 3.8) is 0 Å². The highest BCUT2D eigenvalue weighted by atomic mass is 32.1. The van der Waals surface area contributed by atoms with E-state index in [2.05, 4.69) is 33.9 Å². The Morgan fingerprint density at radius 2 is 2.04 bits per heavy atom. The van der Waals surface area contributed by atoms with Gasteiger partial charge in [-0.15, -0.1) is 11.3 Å². The minimum atomic E-state index is -0.123. The molecule has 1 N–H and O–H groups in total. The first-order valence-corrected chi connectivity index (χ1v) is 9.27. The molecule has 0 fully saturated rings. The number of aromatic nitrogens is 2. The molecular formula is C20H19N3O2S. The van der Waals surface area contributed by atoms with E-state index < -0.39 is 0 Å². The molecule has 0 saturated carbocycles. The summed E-state index contributed by atoms with van der Waals surface area (Å²) in [6, 6.07) is 12.0. The van der Waals surface area contributed by atoms with E-state index in [0.29, 0.717) is 23.5 Å². The Kier molecular flexibility index (Phi) is 4.44. The number of rotatable bonds is 5. The van der Waals surface area contributed by atoms with Crippen LogP contribution >= 0.6 is 11.3 Å². The molecule has 5 nitrogen and oxygen atoms in total. The number of aryl methyl sites for hydroxylation is 1. The number of nitrogens with zero attached hydrogens (tertiary/aromatic N) is 2. The number of thiophene rings is 1. The van der Waals surface area contributed by atoms with Gasteiger partial charge in [0.1, 0.15) is 16.4 Å². The molecule has 4 rings (SSSR count). The maximum atomic E-state index is 12.6. The van der Waals surface area contributed by atoms with Crippen LogP contribution in [0.1, 0.15) is 17.0 Å². The largest absolute Gasteiger partial charge is 0.464 e. The van der Waals surface area contributed by atoms with Crippen LogP contribution in [0, 0.1) is 6.92 Å². The van der Waals surface area contributed by atoms with E-state index in [0.717, 1.165) is 16.9 Å². The van der Waals surface area contributed by atoms with Gasteiger partial charge in [0.05, 0.1) is 18.2 Å². The average molecular weight is 365 g/mol. The van der Waals surface area contributed by atoms with Crippen LogP contribution in [-0.4, -0.2) is 21.9 Å². The number of benzene rings is 1. The van der Waals surface area contributed by atoms with Crippen molar-refractivity contribution in [2.24, 2.45) is 0 Å². The highest BCUT2D eigenvalue weighted by Gasteiger charge is 2.15. The maximum Gasteiger partial charge on any atom is 0.260 e. The van der Waals surface area contributed by atoms with Crippen molar-refractivity contribution in [2.45, 2.75) is 20.0 Å². The van der Waals surface area contributed by atoms with Crippen LogP contribution in [0.25, 0.3) is 21.5 Å². The molecule has 0 aliphatic heterocycles. The topological polar surface area (TPSA) is 62.1 Å². The molecule has 4 aromatic rings. The number of hydrogen-bond acceptors (Lipinski definition) is 5. The first-order chi connectivity index (χ1) is 12.6. The van der Waals surface area contributed by atoms with E-state index in [-0.39, 0.29) is 5.56 Å². The molecule has 3 heterocycles. The van der Waals surface area contributed by atoms with Crippen molar-refractivity contribution in [1.29, 1.82) is 0 Å². The monoisotopic (exact) mass is 365 g/mol. The molecule has 0 aliphatic rings. The van der Waals surface area contributed by atoms with E-state index in [1.807, 2.05) is 36.7 Å². The van der Waals surface area contributed by atoms with E-state index in [4.69, 9.17) is 4.42 Å². The molecule has 132 valence electrons. The van der Waals surface area contributed by atoms with Crippen molar-refractivity contribution < 1.29 is 4.42 Å². The van der Waals surface area contributed by atoms with Gasteiger partial charge in [0, 0.05) is 17.5 Å². The summed E-state index contributed by atoms with van der Waals surface area (Å²) < 4.78 is 5.43. The van der Waals surface area contributed by atoms with Crippen molar-refractivity contribution in [3.05, 3.63) is 75.3 Å². The Labute approximate surface area is 154 Å². The quantitative estimate of drug-likeness (QED) is 0.576. The lowest BCUT2D eigenvalue weighted by Crippen LogP contribution is -2.22. The van der Waals surface area contributed by atoms with Gasteiger partial charge in [0.2, 0.25) is 0 Å². The van der Waals surface area contributed by atoms with Crippen molar-refractivity contribution in [2.75, 3.05) is 7.05 Å². The van der Waals surface area contributed by atoms with Gasteiger partial charge >= 0.3 is 0 Å². The van der Waals surface area contributed by atoms with Crippen LogP contribution < -0.4 is 5.56 Å². The third-order valence-electron chi connectivity index (χ3n) is 4.40. The summed E-state index contributed by atoms with van der Waals surface area (Å²) >= 11 is 1.46. The lowest BCUT2D eigenvalue weighted by atomic mass is 10.1. The summed E-state index contributed by atoms with van der Waals surface area (Å²) in [5.41, 5.74) is 3.21. The predicted octanol–water partition coefficient (Wildman–Crippen LogP) is 4.19. The Balaban J connectivity index is 1.60. The van der Waals surface area contributed by atoms with Crippen LogP contribution in [0.4, 0.5) is 0 Å². The van der Waals surface area contributed by atoms with Gasteiger partial charge in [-0.05, 0) is 37.2 Å². The smallest absolute Gasteiger partial charge is 0.260 e. The fourth-order valence-electron chi connectivity index (χ4n) is 3.07.